The van der Waals surface area contributed by atoms with E-state index in [-0.39, 0.29) is 16.8 Å². The predicted octanol–water partition coefficient (Wildman–Crippen LogP) is 2.66. The van der Waals surface area contributed by atoms with E-state index in [1.54, 1.807) is 24.3 Å². The van der Waals surface area contributed by atoms with Crippen LogP contribution in [0.1, 0.15) is 31.9 Å². The number of piperazine rings is 1. The molecule has 8 heteroatoms. The maximum Gasteiger partial charge on any atom is 0.243 e. The third kappa shape index (κ3) is 6.29. The molecule has 3 rings (SSSR count). The number of nitrogens with one attached hydrogen (secondary N) is 1. The lowest BCUT2D eigenvalue weighted by Gasteiger charge is -2.33. The Balaban J connectivity index is 1.45. The zero-order valence-electron chi connectivity index (χ0n) is 18.2. The average Bonchev–Trinajstić information content (AvgIpc) is 2.79. The first-order valence-electron chi connectivity index (χ1n) is 10.7. The molecule has 0 saturated carbocycles. The van der Waals surface area contributed by atoms with Crippen LogP contribution in [0.15, 0.2) is 59.5 Å². The largest absolute Gasteiger partial charge is 0.494 e. The molecule has 0 bridgehead atoms. The number of rotatable bonds is 9. The van der Waals surface area contributed by atoms with Gasteiger partial charge in [0.2, 0.25) is 15.9 Å². The van der Waals surface area contributed by atoms with Crippen LogP contribution in [-0.2, 0) is 14.8 Å². The van der Waals surface area contributed by atoms with Gasteiger partial charge in [0.1, 0.15) is 5.75 Å². The van der Waals surface area contributed by atoms with Gasteiger partial charge in [-0.05, 0) is 43.7 Å². The zero-order valence-corrected chi connectivity index (χ0v) is 19.0. The Labute approximate surface area is 185 Å². The van der Waals surface area contributed by atoms with Gasteiger partial charge >= 0.3 is 0 Å². The maximum absolute atomic E-state index is 12.9. The van der Waals surface area contributed by atoms with Crippen molar-refractivity contribution in [3.63, 3.8) is 0 Å². The summed E-state index contributed by atoms with van der Waals surface area (Å²) in [7, 11) is -3.52. The minimum Gasteiger partial charge on any atom is -0.494 e. The monoisotopic (exact) mass is 445 g/mol. The smallest absolute Gasteiger partial charge is 0.243 e. The van der Waals surface area contributed by atoms with Crippen molar-refractivity contribution in [2.45, 2.75) is 31.2 Å². The van der Waals surface area contributed by atoms with Gasteiger partial charge < -0.3 is 15.0 Å². The van der Waals surface area contributed by atoms with Crippen LogP contribution in [0.25, 0.3) is 0 Å². The third-order valence-corrected chi connectivity index (χ3v) is 7.35. The quantitative estimate of drug-likeness (QED) is 0.642. The van der Waals surface area contributed by atoms with Gasteiger partial charge in [-0.3, -0.25) is 4.79 Å². The number of nitrogens with zero attached hydrogens (tertiary/aromatic N) is 2. The van der Waals surface area contributed by atoms with E-state index >= 15 is 0 Å². The van der Waals surface area contributed by atoms with E-state index < -0.39 is 10.0 Å². The van der Waals surface area contributed by atoms with Gasteiger partial charge in [-0.2, -0.15) is 4.31 Å². The molecule has 1 saturated heterocycles. The highest BCUT2D eigenvalue weighted by molar-refractivity contribution is 7.89. The Morgan fingerprint density at radius 1 is 1.03 bits per heavy atom. The van der Waals surface area contributed by atoms with Crippen molar-refractivity contribution in [2.24, 2.45) is 0 Å². The summed E-state index contributed by atoms with van der Waals surface area (Å²) in [6.07, 6.45) is 0.392. The summed E-state index contributed by atoms with van der Waals surface area (Å²) in [5, 5.41) is 3.02. The summed E-state index contributed by atoms with van der Waals surface area (Å²) in [6, 6.07) is 16.4. The topological polar surface area (TPSA) is 79.0 Å². The molecule has 1 aliphatic rings. The molecule has 168 valence electrons. The summed E-state index contributed by atoms with van der Waals surface area (Å²) in [5.41, 5.74) is 1.07. The Hall–Kier alpha value is -2.42. The minimum absolute atomic E-state index is 0.000733. The lowest BCUT2D eigenvalue weighted by Crippen LogP contribution is -2.49. The lowest BCUT2D eigenvalue weighted by atomic mass is 10.1. The Bertz CT molecular complexity index is 941. The van der Waals surface area contributed by atoms with E-state index in [0.717, 1.165) is 5.56 Å². The van der Waals surface area contributed by atoms with Crippen LogP contribution >= 0.6 is 0 Å². The molecule has 0 aliphatic carbocycles. The molecule has 1 heterocycles. The molecule has 0 spiro atoms. The highest BCUT2D eigenvalue weighted by Gasteiger charge is 2.28. The molecule has 2 aromatic rings. The van der Waals surface area contributed by atoms with Crippen LogP contribution in [0.4, 0.5) is 0 Å². The van der Waals surface area contributed by atoms with Crippen LogP contribution in [0.3, 0.4) is 0 Å². The molecule has 1 unspecified atom stereocenters. The highest BCUT2D eigenvalue weighted by atomic mass is 32.2. The van der Waals surface area contributed by atoms with Gasteiger partial charge in [0.05, 0.1) is 17.5 Å². The van der Waals surface area contributed by atoms with Gasteiger partial charge in [-0.15, -0.1) is 0 Å². The second-order valence-electron chi connectivity index (χ2n) is 7.60. The number of hydrogen-bond donors (Lipinski definition) is 1. The molecule has 1 fully saturated rings. The molecular weight excluding hydrogens is 414 g/mol. The minimum atomic E-state index is -3.52. The van der Waals surface area contributed by atoms with Gasteiger partial charge in [0.25, 0.3) is 0 Å². The number of benzene rings is 2. The Morgan fingerprint density at radius 3 is 2.29 bits per heavy atom. The zero-order chi connectivity index (χ0) is 22.3. The van der Waals surface area contributed by atoms with E-state index in [4.69, 9.17) is 4.74 Å². The van der Waals surface area contributed by atoms with Crippen LogP contribution in [0.2, 0.25) is 0 Å². The molecule has 2 aromatic carbocycles. The first-order chi connectivity index (χ1) is 14.9. The molecule has 1 aliphatic heterocycles. The Kier molecular flexibility index (Phi) is 8.06. The summed E-state index contributed by atoms with van der Waals surface area (Å²) in [5.74, 6) is 0.659. The standard InChI is InChI=1S/C23H31N3O4S/c1-3-30-21-9-11-22(12-10-21)31(28,29)26-17-15-25(16-18-26)14-13-23(27)24-19(2)20-7-5-4-6-8-20/h4-12,19H,3,13-18H2,1-2H3,(H,24,27). The number of ether oxygens (including phenoxy) is 1. The fourth-order valence-electron chi connectivity index (χ4n) is 3.62. The second-order valence-corrected chi connectivity index (χ2v) is 9.54. The average molecular weight is 446 g/mol. The predicted molar refractivity (Wildman–Crippen MR) is 120 cm³/mol. The lowest BCUT2D eigenvalue weighted by molar-refractivity contribution is -0.122. The molecule has 0 aromatic heterocycles. The summed E-state index contributed by atoms with van der Waals surface area (Å²) in [6.45, 7) is 7.06. The summed E-state index contributed by atoms with van der Waals surface area (Å²) < 4.78 is 32.7. The maximum atomic E-state index is 12.9. The molecular formula is C23H31N3O4S. The van der Waals surface area contributed by atoms with Crippen molar-refractivity contribution in [1.29, 1.82) is 0 Å². The van der Waals surface area contributed by atoms with Crippen molar-refractivity contribution in [3.05, 3.63) is 60.2 Å². The van der Waals surface area contributed by atoms with Gasteiger partial charge in [0.15, 0.2) is 0 Å². The second kappa shape index (κ2) is 10.7. The van der Waals surface area contributed by atoms with Crippen molar-refractivity contribution in [2.75, 3.05) is 39.3 Å². The van der Waals surface area contributed by atoms with Gasteiger partial charge in [0, 0.05) is 39.1 Å². The molecule has 1 N–H and O–H groups in total. The Morgan fingerprint density at radius 2 is 1.68 bits per heavy atom. The van der Waals surface area contributed by atoms with Crippen molar-refractivity contribution < 1.29 is 17.9 Å². The molecule has 7 nitrogen and oxygen atoms in total. The van der Waals surface area contributed by atoms with Crippen LogP contribution < -0.4 is 10.1 Å². The summed E-state index contributed by atoms with van der Waals surface area (Å²) >= 11 is 0. The van der Waals surface area contributed by atoms with Crippen LogP contribution in [0, 0.1) is 0 Å². The van der Waals surface area contributed by atoms with Gasteiger partial charge in [-0.1, -0.05) is 30.3 Å². The number of carbonyl (C=O) groups is 1. The SMILES string of the molecule is CCOc1ccc(S(=O)(=O)N2CCN(CCC(=O)NC(C)c3ccccc3)CC2)cc1. The number of amides is 1. The van der Waals surface area contributed by atoms with Gasteiger partial charge in [-0.25, -0.2) is 8.42 Å². The fraction of sp³-hybridized carbons (Fsp3) is 0.435. The molecule has 1 atom stereocenters. The number of sulfonamides is 1. The number of carbonyl (C=O) groups excluding carboxylic acids is 1. The molecule has 1 amide bonds. The van der Waals surface area contributed by atoms with Crippen LogP contribution in [0.5, 0.6) is 5.75 Å². The van der Waals surface area contributed by atoms with Crippen molar-refractivity contribution in [3.8, 4) is 5.75 Å². The van der Waals surface area contributed by atoms with Crippen molar-refractivity contribution in [1.82, 2.24) is 14.5 Å². The van der Waals surface area contributed by atoms with E-state index in [2.05, 4.69) is 10.2 Å². The van der Waals surface area contributed by atoms with E-state index in [9.17, 15) is 13.2 Å². The van der Waals surface area contributed by atoms with Crippen LogP contribution in [-0.4, -0.2) is 62.9 Å². The first-order valence-corrected chi connectivity index (χ1v) is 12.1. The molecule has 31 heavy (non-hydrogen) atoms. The van der Waals surface area contributed by atoms with E-state index in [1.807, 2.05) is 44.2 Å². The summed E-state index contributed by atoms with van der Waals surface area (Å²) in [4.78, 5) is 14.7. The fourth-order valence-corrected chi connectivity index (χ4v) is 5.04. The normalized spacial score (nSPS) is 16.6. The third-order valence-electron chi connectivity index (χ3n) is 5.44. The van der Waals surface area contributed by atoms with Crippen molar-refractivity contribution >= 4 is 15.9 Å². The number of hydrogen-bond acceptors (Lipinski definition) is 5. The first kappa shape index (κ1) is 23.2. The van der Waals surface area contributed by atoms with E-state index in [0.29, 0.717) is 51.5 Å². The molecule has 0 radical (unpaired) electrons. The highest BCUT2D eigenvalue weighted by Crippen LogP contribution is 2.21. The van der Waals surface area contributed by atoms with E-state index in [1.165, 1.54) is 4.31 Å².